The highest BCUT2D eigenvalue weighted by molar-refractivity contribution is 7.99. The first-order chi connectivity index (χ1) is 8.19. The maximum atomic E-state index is 5.84. The molecule has 0 heterocycles. The molecule has 0 aliphatic rings. The zero-order chi connectivity index (χ0) is 12.3. The Morgan fingerprint density at radius 1 is 1.12 bits per heavy atom. The van der Waals surface area contributed by atoms with Crippen molar-refractivity contribution in [3.63, 3.8) is 0 Å². The van der Waals surface area contributed by atoms with E-state index < -0.39 is 0 Å². The minimum absolute atomic E-state index is 0.697. The number of ether oxygens (including phenoxy) is 1. The summed E-state index contributed by atoms with van der Waals surface area (Å²) in [6.07, 6.45) is 0. The van der Waals surface area contributed by atoms with E-state index in [1.165, 1.54) is 0 Å². The highest BCUT2D eigenvalue weighted by atomic mass is 35.5. The first-order valence-electron chi connectivity index (χ1n) is 5.06. The molecule has 17 heavy (non-hydrogen) atoms. The summed E-state index contributed by atoms with van der Waals surface area (Å²) in [5.74, 6) is 0.782. The summed E-state index contributed by atoms with van der Waals surface area (Å²) in [5.41, 5.74) is 6.41. The van der Waals surface area contributed by atoms with E-state index in [9.17, 15) is 0 Å². The second-order valence-corrected chi connectivity index (χ2v) is 5.02. The van der Waals surface area contributed by atoms with Gasteiger partial charge in [-0.1, -0.05) is 23.4 Å². The van der Waals surface area contributed by atoms with Gasteiger partial charge in [-0.15, -0.1) is 0 Å². The second kappa shape index (κ2) is 5.34. The van der Waals surface area contributed by atoms with Crippen molar-refractivity contribution < 1.29 is 4.74 Å². The molecule has 0 bridgehead atoms. The summed E-state index contributed by atoms with van der Waals surface area (Å²) in [7, 11) is 1.64. The summed E-state index contributed by atoms with van der Waals surface area (Å²) in [6.45, 7) is 0. The van der Waals surface area contributed by atoms with Crippen LogP contribution in [0.2, 0.25) is 5.02 Å². The lowest BCUT2D eigenvalue weighted by atomic mass is 10.3. The molecule has 0 spiro atoms. The number of hydrogen-bond acceptors (Lipinski definition) is 3. The van der Waals surface area contributed by atoms with Crippen LogP contribution in [0, 0.1) is 0 Å². The molecular weight excluding hydrogens is 254 g/mol. The van der Waals surface area contributed by atoms with E-state index in [1.54, 1.807) is 18.9 Å². The van der Waals surface area contributed by atoms with Crippen LogP contribution in [0.5, 0.6) is 5.75 Å². The lowest BCUT2D eigenvalue weighted by Crippen LogP contribution is -1.90. The van der Waals surface area contributed by atoms with Gasteiger partial charge in [0.1, 0.15) is 5.75 Å². The van der Waals surface area contributed by atoms with E-state index >= 15 is 0 Å². The van der Waals surface area contributed by atoms with Crippen LogP contribution in [0.4, 0.5) is 5.69 Å². The Morgan fingerprint density at radius 3 is 2.47 bits per heavy atom. The Labute approximate surface area is 110 Å². The molecular formula is C13H12ClNOS. The van der Waals surface area contributed by atoms with Crippen molar-refractivity contribution in [2.75, 3.05) is 12.8 Å². The van der Waals surface area contributed by atoms with Crippen LogP contribution < -0.4 is 10.5 Å². The van der Waals surface area contributed by atoms with Crippen LogP contribution in [-0.2, 0) is 0 Å². The number of methoxy groups -OCH3 is 1. The average molecular weight is 266 g/mol. The predicted octanol–water partition coefficient (Wildman–Crippen LogP) is 4.08. The molecule has 0 aliphatic heterocycles. The molecule has 2 nitrogen and oxygen atoms in total. The molecule has 0 saturated heterocycles. The van der Waals surface area contributed by atoms with Gasteiger partial charge in [0.2, 0.25) is 0 Å². The first-order valence-corrected chi connectivity index (χ1v) is 6.25. The number of anilines is 1. The van der Waals surface area contributed by atoms with Crippen LogP contribution >= 0.6 is 23.4 Å². The van der Waals surface area contributed by atoms with Gasteiger partial charge in [-0.2, -0.15) is 0 Å². The van der Waals surface area contributed by atoms with Crippen LogP contribution in [-0.4, -0.2) is 7.11 Å². The van der Waals surface area contributed by atoms with Gasteiger partial charge in [0.15, 0.2) is 0 Å². The quantitative estimate of drug-likeness (QED) is 0.850. The Hall–Kier alpha value is -1.32. The van der Waals surface area contributed by atoms with E-state index in [0.717, 1.165) is 20.6 Å². The summed E-state index contributed by atoms with van der Waals surface area (Å²) in [6, 6.07) is 13.3. The fraction of sp³-hybridized carbons (Fsp3) is 0.0769. The van der Waals surface area contributed by atoms with Crippen LogP contribution in [0.25, 0.3) is 0 Å². The smallest absolute Gasteiger partial charge is 0.134 e. The van der Waals surface area contributed by atoms with Crippen LogP contribution in [0.15, 0.2) is 52.3 Å². The lowest BCUT2D eigenvalue weighted by molar-refractivity contribution is 0.405. The normalized spacial score (nSPS) is 10.2. The minimum Gasteiger partial charge on any atom is -0.495 e. The molecule has 0 aromatic heterocycles. The van der Waals surface area contributed by atoms with Gasteiger partial charge >= 0.3 is 0 Å². The highest BCUT2D eigenvalue weighted by Crippen LogP contribution is 2.36. The summed E-state index contributed by atoms with van der Waals surface area (Å²) in [5, 5.41) is 0.735. The maximum absolute atomic E-state index is 5.84. The van der Waals surface area contributed by atoms with E-state index in [4.69, 9.17) is 22.1 Å². The topological polar surface area (TPSA) is 35.2 Å². The number of hydrogen-bond donors (Lipinski definition) is 1. The van der Waals surface area contributed by atoms with E-state index in [-0.39, 0.29) is 0 Å². The molecule has 2 aromatic rings. The van der Waals surface area contributed by atoms with Gasteiger partial charge in [0.25, 0.3) is 0 Å². The van der Waals surface area contributed by atoms with E-state index in [2.05, 4.69) is 0 Å². The summed E-state index contributed by atoms with van der Waals surface area (Å²) >= 11 is 7.46. The zero-order valence-electron chi connectivity index (χ0n) is 9.31. The molecule has 0 amide bonds. The van der Waals surface area contributed by atoms with Crippen molar-refractivity contribution in [1.82, 2.24) is 0 Å². The zero-order valence-corrected chi connectivity index (χ0v) is 10.9. The van der Waals surface area contributed by atoms with E-state index in [0.29, 0.717) is 5.69 Å². The summed E-state index contributed by atoms with van der Waals surface area (Å²) < 4.78 is 5.30. The Morgan fingerprint density at radius 2 is 1.82 bits per heavy atom. The van der Waals surface area contributed by atoms with Crippen molar-refractivity contribution in [3.8, 4) is 5.75 Å². The van der Waals surface area contributed by atoms with Gasteiger partial charge in [0, 0.05) is 21.7 Å². The standard InChI is InChI=1S/C13H12ClNOS/c1-16-12-8-10(15)4-7-13(12)17-11-5-2-9(14)3-6-11/h2-8H,15H2,1H3. The minimum atomic E-state index is 0.697. The van der Waals surface area contributed by atoms with Crippen LogP contribution in [0.3, 0.4) is 0 Å². The molecule has 0 atom stereocenters. The second-order valence-electron chi connectivity index (χ2n) is 3.47. The third kappa shape index (κ3) is 3.08. The number of rotatable bonds is 3. The molecule has 88 valence electrons. The number of halogens is 1. The molecule has 0 radical (unpaired) electrons. The average Bonchev–Trinajstić information content (AvgIpc) is 2.34. The summed E-state index contributed by atoms with van der Waals surface area (Å²) in [4.78, 5) is 2.14. The SMILES string of the molecule is COc1cc(N)ccc1Sc1ccc(Cl)cc1. The highest BCUT2D eigenvalue weighted by Gasteiger charge is 2.05. The molecule has 0 saturated carbocycles. The third-order valence-electron chi connectivity index (χ3n) is 2.23. The molecule has 0 unspecified atom stereocenters. The fourth-order valence-corrected chi connectivity index (χ4v) is 2.43. The van der Waals surface area contributed by atoms with Crippen molar-refractivity contribution in [1.29, 1.82) is 0 Å². The predicted molar refractivity (Wildman–Crippen MR) is 73.0 cm³/mol. The molecule has 2 N–H and O–H groups in total. The molecule has 4 heteroatoms. The first kappa shape index (κ1) is 12.1. The number of nitrogen functional groups attached to an aromatic ring is 1. The number of benzene rings is 2. The van der Waals surface area contributed by atoms with Gasteiger partial charge < -0.3 is 10.5 Å². The van der Waals surface area contributed by atoms with Gasteiger partial charge in [0.05, 0.1) is 12.0 Å². The lowest BCUT2D eigenvalue weighted by Gasteiger charge is -2.08. The van der Waals surface area contributed by atoms with Gasteiger partial charge in [-0.25, -0.2) is 0 Å². The van der Waals surface area contributed by atoms with Crippen molar-refractivity contribution in [3.05, 3.63) is 47.5 Å². The van der Waals surface area contributed by atoms with Crippen LogP contribution in [0.1, 0.15) is 0 Å². The largest absolute Gasteiger partial charge is 0.495 e. The van der Waals surface area contributed by atoms with Crippen molar-refractivity contribution in [2.45, 2.75) is 9.79 Å². The fourth-order valence-electron chi connectivity index (χ4n) is 1.40. The van der Waals surface area contributed by atoms with Crippen molar-refractivity contribution in [2.24, 2.45) is 0 Å². The molecule has 0 aliphatic carbocycles. The third-order valence-corrected chi connectivity index (χ3v) is 3.55. The monoisotopic (exact) mass is 265 g/mol. The van der Waals surface area contributed by atoms with Crippen molar-refractivity contribution >= 4 is 29.1 Å². The molecule has 0 fully saturated rings. The molecule has 2 aromatic carbocycles. The Bertz CT molecular complexity index is 513. The maximum Gasteiger partial charge on any atom is 0.134 e. The molecule has 2 rings (SSSR count). The Balaban J connectivity index is 2.26. The van der Waals surface area contributed by atoms with Gasteiger partial charge in [-0.05, 0) is 36.4 Å². The Kier molecular flexibility index (Phi) is 3.82. The van der Waals surface area contributed by atoms with Gasteiger partial charge in [-0.3, -0.25) is 0 Å². The van der Waals surface area contributed by atoms with E-state index in [1.807, 2.05) is 42.5 Å². The number of nitrogens with two attached hydrogens (primary N) is 1.